The van der Waals surface area contributed by atoms with Crippen LogP contribution in [0.1, 0.15) is 12.5 Å². The molecule has 0 radical (unpaired) electrons. The van der Waals surface area contributed by atoms with Crippen molar-refractivity contribution in [3.05, 3.63) is 23.9 Å². The van der Waals surface area contributed by atoms with Crippen molar-refractivity contribution in [2.45, 2.75) is 13.3 Å². The maximum atomic E-state index is 6.88. The van der Waals surface area contributed by atoms with Crippen LogP contribution < -0.4 is 10.9 Å². The fraction of sp³-hybridized carbons (Fsp3) is 0.250. The summed E-state index contributed by atoms with van der Waals surface area (Å²) in [6.45, 7) is 2.06. The lowest BCUT2D eigenvalue weighted by Crippen LogP contribution is -2.29. The summed E-state index contributed by atoms with van der Waals surface area (Å²) >= 11 is 0. The largest absolute Gasteiger partial charge is 0.290 e. The van der Waals surface area contributed by atoms with Gasteiger partial charge in [0.25, 0.3) is 0 Å². The van der Waals surface area contributed by atoms with Gasteiger partial charge in [0.05, 0.1) is 0 Å². The number of nitrogens with two attached hydrogens (primary N) is 1. The van der Waals surface area contributed by atoms with E-state index in [0.717, 1.165) is 18.3 Å². The Labute approximate surface area is 71.5 Å². The zero-order valence-electron chi connectivity index (χ0n) is 6.99. The molecule has 0 fully saturated rings. The van der Waals surface area contributed by atoms with Gasteiger partial charge in [-0.25, -0.2) is 10.8 Å². The number of anilines is 1. The molecule has 0 aliphatic heterocycles. The average Bonchev–Trinajstić information content (AvgIpc) is 2.17. The second-order valence-electron chi connectivity index (χ2n) is 2.41. The van der Waals surface area contributed by atoms with Gasteiger partial charge >= 0.3 is 0 Å². The molecule has 12 heavy (non-hydrogen) atoms. The molecule has 0 aliphatic rings. The van der Waals surface area contributed by atoms with Crippen molar-refractivity contribution in [1.29, 1.82) is 5.41 Å². The summed E-state index contributed by atoms with van der Waals surface area (Å²) in [6.07, 6.45) is 3.75. The van der Waals surface area contributed by atoms with Crippen LogP contribution in [0, 0.1) is 5.41 Å². The van der Waals surface area contributed by atoms with E-state index >= 15 is 0 Å². The van der Waals surface area contributed by atoms with Crippen LogP contribution in [0.4, 0.5) is 5.82 Å². The highest BCUT2D eigenvalue weighted by molar-refractivity contribution is 5.72. The van der Waals surface area contributed by atoms with Crippen molar-refractivity contribution in [3.8, 4) is 0 Å². The molecule has 0 amide bonds. The minimum absolute atomic E-state index is 0.585. The number of pyridine rings is 1. The van der Waals surface area contributed by atoms with E-state index in [1.54, 1.807) is 12.3 Å². The molecule has 4 heteroatoms. The van der Waals surface area contributed by atoms with Crippen molar-refractivity contribution in [2.75, 3.05) is 5.01 Å². The predicted molar refractivity (Wildman–Crippen MR) is 49.1 cm³/mol. The van der Waals surface area contributed by atoms with E-state index in [1.807, 2.05) is 6.07 Å². The second kappa shape index (κ2) is 3.82. The SMILES string of the molecule is CCc1ccc(N(N)C=N)nc1. The predicted octanol–water partition coefficient (Wildman–Crippen LogP) is 0.931. The molecule has 1 aromatic heterocycles. The first kappa shape index (κ1) is 8.67. The Morgan fingerprint density at radius 3 is 2.83 bits per heavy atom. The summed E-state index contributed by atoms with van der Waals surface area (Å²) in [7, 11) is 0. The highest BCUT2D eigenvalue weighted by Crippen LogP contribution is 2.06. The van der Waals surface area contributed by atoms with Gasteiger partial charge in [0.15, 0.2) is 0 Å². The van der Waals surface area contributed by atoms with Crippen molar-refractivity contribution in [1.82, 2.24) is 4.98 Å². The zero-order chi connectivity index (χ0) is 8.97. The van der Waals surface area contributed by atoms with Crippen LogP contribution in [0.3, 0.4) is 0 Å². The molecule has 1 aromatic rings. The normalized spacial score (nSPS) is 9.50. The summed E-state index contributed by atoms with van der Waals surface area (Å²) in [5, 5.41) is 8.05. The van der Waals surface area contributed by atoms with Crippen LogP contribution in [-0.4, -0.2) is 11.3 Å². The van der Waals surface area contributed by atoms with Gasteiger partial charge in [-0.3, -0.25) is 10.4 Å². The highest BCUT2D eigenvalue weighted by atomic mass is 15.4. The second-order valence-corrected chi connectivity index (χ2v) is 2.41. The van der Waals surface area contributed by atoms with Crippen LogP contribution >= 0.6 is 0 Å². The number of nitrogens with zero attached hydrogens (tertiary/aromatic N) is 2. The number of hydrogen-bond acceptors (Lipinski definition) is 3. The first-order valence-corrected chi connectivity index (χ1v) is 3.77. The Morgan fingerprint density at radius 2 is 2.42 bits per heavy atom. The average molecular weight is 164 g/mol. The van der Waals surface area contributed by atoms with Crippen molar-refractivity contribution in [2.24, 2.45) is 5.84 Å². The summed E-state index contributed by atoms with van der Waals surface area (Å²) in [5.74, 6) is 6.00. The maximum absolute atomic E-state index is 6.88. The van der Waals surface area contributed by atoms with Crippen molar-refractivity contribution in [3.63, 3.8) is 0 Å². The van der Waals surface area contributed by atoms with Gasteiger partial charge in [0, 0.05) is 6.20 Å². The lowest BCUT2D eigenvalue weighted by atomic mass is 10.2. The van der Waals surface area contributed by atoms with Crippen LogP contribution in [0.15, 0.2) is 18.3 Å². The van der Waals surface area contributed by atoms with E-state index in [-0.39, 0.29) is 0 Å². The van der Waals surface area contributed by atoms with Gasteiger partial charge in [-0.1, -0.05) is 13.0 Å². The van der Waals surface area contributed by atoms with Gasteiger partial charge in [-0.15, -0.1) is 0 Å². The molecule has 1 heterocycles. The lowest BCUT2D eigenvalue weighted by Gasteiger charge is -2.09. The number of hydrogen-bond donors (Lipinski definition) is 2. The monoisotopic (exact) mass is 164 g/mol. The molecule has 64 valence electrons. The van der Waals surface area contributed by atoms with Gasteiger partial charge in [0.1, 0.15) is 12.2 Å². The first-order chi connectivity index (χ1) is 5.77. The molecule has 1 rings (SSSR count). The molecule has 0 bridgehead atoms. The van der Waals surface area contributed by atoms with Crippen molar-refractivity contribution < 1.29 is 0 Å². The van der Waals surface area contributed by atoms with Crippen LogP contribution in [0.5, 0.6) is 0 Å². The lowest BCUT2D eigenvalue weighted by molar-refractivity contribution is 1.05. The fourth-order valence-electron chi connectivity index (χ4n) is 0.845. The number of aromatic nitrogens is 1. The molecule has 0 unspecified atom stereocenters. The van der Waals surface area contributed by atoms with E-state index < -0.39 is 0 Å². The van der Waals surface area contributed by atoms with Crippen LogP contribution in [-0.2, 0) is 6.42 Å². The summed E-state index contributed by atoms with van der Waals surface area (Å²) < 4.78 is 0. The minimum atomic E-state index is 0.585. The summed E-state index contributed by atoms with van der Waals surface area (Å²) in [4.78, 5) is 4.07. The minimum Gasteiger partial charge on any atom is -0.290 e. The molecule has 0 saturated heterocycles. The van der Waals surface area contributed by atoms with Crippen LogP contribution in [0.25, 0.3) is 0 Å². The van der Waals surface area contributed by atoms with Gasteiger partial charge in [-0.2, -0.15) is 0 Å². The molecular formula is C8H12N4. The fourth-order valence-corrected chi connectivity index (χ4v) is 0.845. The third kappa shape index (κ3) is 1.79. The van der Waals surface area contributed by atoms with E-state index in [9.17, 15) is 0 Å². The maximum Gasteiger partial charge on any atom is 0.148 e. The Bertz CT molecular complexity index is 254. The topological polar surface area (TPSA) is 66.0 Å². The van der Waals surface area contributed by atoms with Gasteiger partial charge in [-0.05, 0) is 18.1 Å². The van der Waals surface area contributed by atoms with Gasteiger partial charge in [0.2, 0.25) is 0 Å². The van der Waals surface area contributed by atoms with Gasteiger partial charge < -0.3 is 0 Å². The summed E-state index contributed by atoms with van der Waals surface area (Å²) in [6, 6.07) is 3.75. The number of aryl methyl sites for hydroxylation is 1. The Morgan fingerprint density at radius 1 is 1.67 bits per heavy atom. The smallest absolute Gasteiger partial charge is 0.148 e. The van der Waals surface area contributed by atoms with Crippen molar-refractivity contribution >= 4 is 12.2 Å². The standard InChI is InChI=1S/C8H12N4/c1-2-7-3-4-8(11-5-7)12(10)6-9/h3-6,9H,2,10H2,1H3. The Kier molecular flexibility index (Phi) is 2.76. The number of nitrogens with one attached hydrogen (secondary N) is 1. The quantitative estimate of drug-likeness (QED) is 0.302. The Hall–Kier alpha value is -1.42. The Balaban J connectivity index is 2.84. The molecule has 0 spiro atoms. The third-order valence-corrected chi connectivity index (χ3v) is 1.62. The highest BCUT2D eigenvalue weighted by Gasteiger charge is 1.97. The number of rotatable bonds is 3. The van der Waals surface area contributed by atoms with Crippen LogP contribution in [0.2, 0.25) is 0 Å². The molecule has 0 saturated carbocycles. The number of hydrazine groups is 1. The van der Waals surface area contributed by atoms with E-state index in [2.05, 4.69) is 11.9 Å². The van der Waals surface area contributed by atoms with E-state index in [4.69, 9.17) is 11.3 Å². The third-order valence-electron chi connectivity index (χ3n) is 1.62. The molecular weight excluding hydrogens is 152 g/mol. The first-order valence-electron chi connectivity index (χ1n) is 3.77. The molecule has 0 atom stereocenters. The molecule has 0 aromatic carbocycles. The van der Waals surface area contributed by atoms with E-state index in [0.29, 0.717) is 5.82 Å². The summed E-state index contributed by atoms with van der Waals surface area (Å²) in [5.41, 5.74) is 1.16. The van der Waals surface area contributed by atoms with E-state index in [1.165, 1.54) is 5.01 Å². The molecule has 3 N–H and O–H groups in total. The molecule has 4 nitrogen and oxygen atoms in total. The zero-order valence-corrected chi connectivity index (χ0v) is 6.99. The molecule has 0 aliphatic carbocycles.